The summed E-state index contributed by atoms with van der Waals surface area (Å²) in [6.45, 7) is 3.40. The maximum Gasteiger partial charge on any atom is 0.237 e. The number of para-hydroxylation sites is 1. The Balaban J connectivity index is 1.76. The average molecular weight is 341 g/mol. The van der Waals surface area contributed by atoms with Crippen molar-refractivity contribution >= 4 is 21.8 Å². The van der Waals surface area contributed by atoms with Crippen LogP contribution in [0.25, 0.3) is 0 Å². The number of amides is 1. The molecule has 2 atom stereocenters. The topological polar surface area (TPSA) is 50.4 Å². The van der Waals surface area contributed by atoms with E-state index < -0.39 is 0 Å². The van der Waals surface area contributed by atoms with Crippen molar-refractivity contribution in [2.24, 2.45) is 0 Å². The minimum atomic E-state index is -0.0683. The Hall–Kier alpha value is -1.07. The van der Waals surface area contributed by atoms with Crippen LogP contribution < -0.4 is 15.4 Å². The summed E-state index contributed by atoms with van der Waals surface area (Å²) in [5.74, 6) is 0.873. The molecule has 0 saturated carbocycles. The zero-order valence-electron chi connectivity index (χ0n) is 11.7. The lowest BCUT2D eigenvalue weighted by molar-refractivity contribution is -0.124. The van der Waals surface area contributed by atoms with Crippen LogP contribution in [0, 0.1) is 0 Å². The van der Waals surface area contributed by atoms with Gasteiger partial charge in [-0.3, -0.25) is 4.79 Å². The Bertz CT molecular complexity index is 447. The maximum atomic E-state index is 12.0. The minimum Gasteiger partial charge on any atom is -0.488 e. The highest BCUT2D eigenvalue weighted by Crippen LogP contribution is 2.24. The molecule has 1 fully saturated rings. The molecular weight excluding hydrogens is 320 g/mol. The Labute approximate surface area is 128 Å². The fourth-order valence-corrected chi connectivity index (χ4v) is 2.62. The second-order valence-corrected chi connectivity index (χ2v) is 5.96. The van der Waals surface area contributed by atoms with E-state index in [4.69, 9.17) is 4.74 Å². The van der Waals surface area contributed by atoms with E-state index >= 15 is 0 Å². The smallest absolute Gasteiger partial charge is 0.237 e. The van der Waals surface area contributed by atoms with Crippen molar-refractivity contribution in [1.82, 2.24) is 10.6 Å². The van der Waals surface area contributed by atoms with Crippen LogP contribution in [0.1, 0.15) is 26.2 Å². The van der Waals surface area contributed by atoms with Gasteiger partial charge < -0.3 is 15.4 Å². The van der Waals surface area contributed by atoms with E-state index in [0.717, 1.165) is 36.0 Å². The van der Waals surface area contributed by atoms with Crippen molar-refractivity contribution in [3.8, 4) is 5.75 Å². The molecule has 2 rings (SSSR count). The summed E-state index contributed by atoms with van der Waals surface area (Å²) in [7, 11) is 0. The molecule has 1 heterocycles. The molecule has 0 radical (unpaired) electrons. The number of benzene rings is 1. The molecule has 1 aliphatic heterocycles. The molecule has 20 heavy (non-hydrogen) atoms. The van der Waals surface area contributed by atoms with E-state index in [1.807, 2.05) is 31.2 Å². The van der Waals surface area contributed by atoms with Crippen LogP contribution in [-0.2, 0) is 4.79 Å². The highest BCUT2D eigenvalue weighted by Gasteiger charge is 2.20. The van der Waals surface area contributed by atoms with E-state index in [0.29, 0.717) is 6.54 Å². The van der Waals surface area contributed by atoms with Gasteiger partial charge in [-0.15, -0.1) is 0 Å². The molecule has 0 aromatic heterocycles. The van der Waals surface area contributed by atoms with Gasteiger partial charge in [0.15, 0.2) is 0 Å². The second kappa shape index (κ2) is 7.64. The molecule has 1 aliphatic rings. The first kappa shape index (κ1) is 15.3. The highest BCUT2D eigenvalue weighted by atomic mass is 79.9. The van der Waals surface area contributed by atoms with Crippen molar-refractivity contribution in [3.05, 3.63) is 28.7 Å². The summed E-state index contributed by atoms with van der Waals surface area (Å²) < 4.78 is 6.72. The summed E-state index contributed by atoms with van der Waals surface area (Å²) in [5, 5.41) is 6.19. The van der Waals surface area contributed by atoms with Crippen molar-refractivity contribution in [2.75, 3.05) is 13.1 Å². The predicted molar refractivity (Wildman–Crippen MR) is 82.9 cm³/mol. The van der Waals surface area contributed by atoms with Gasteiger partial charge in [-0.05, 0) is 54.4 Å². The molecule has 1 aromatic carbocycles. The van der Waals surface area contributed by atoms with Crippen LogP contribution in [0.4, 0.5) is 0 Å². The van der Waals surface area contributed by atoms with Gasteiger partial charge in [0, 0.05) is 0 Å². The normalized spacial score (nSPS) is 20.2. The fraction of sp³-hybridized carbons (Fsp3) is 0.533. The van der Waals surface area contributed by atoms with Crippen molar-refractivity contribution in [1.29, 1.82) is 0 Å². The van der Waals surface area contributed by atoms with Crippen LogP contribution in [0.2, 0.25) is 0 Å². The van der Waals surface area contributed by atoms with Gasteiger partial charge in [0.2, 0.25) is 5.91 Å². The van der Waals surface area contributed by atoms with Crippen molar-refractivity contribution < 1.29 is 9.53 Å². The van der Waals surface area contributed by atoms with Crippen LogP contribution in [0.3, 0.4) is 0 Å². The lowest BCUT2D eigenvalue weighted by Gasteiger charge is -2.23. The molecule has 2 N–H and O–H groups in total. The SMILES string of the molecule is CC(CNC(=O)C1CCCCN1)Oc1ccccc1Br. The Morgan fingerprint density at radius 2 is 2.30 bits per heavy atom. The van der Waals surface area contributed by atoms with E-state index in [1.54, 1.807) is 0 Å². The fourth-order valence-electron chi connectivity index (χ4n) is 2.24. The third kappa shape index (κ3) is 4.49. The number of carbonyl (C=O) groups excluding carboxylic acids is 1. The summed E-state index contributed by atoms with van der Waals surface area (Å²) in [4.78, 5) is 12.0. The summed E-state index contributed by atoms with van der Waals surface area (Å²) in [6.07, 6.45) is 3.13. The molecule has 1 saturated heterocycles. The molecule has 1 amide bonds. The number of piperidine rings is 1. The third-order valence-corrected chi connectivity index (χ3v) is 4.01. The van der Waals surface area contributed by atoms with Gasteiger partial charge >= 0.3 is 0 Å². The van der Waals surface area contributed by atoms with Gasteiger partial charge in [0.25, 0.3) is 0 Å². The standard InChI is InChI=1S/C15H21BrN2O2/c1-11(20-14-8-3-2-6-12(14)16)10-18-15(19)13-7-4-5-9-17-13/h2-3,6,8,11,13,17H,4-5,7,9-10H2,1H3,(H,18,19). The van der Waals surface area contributed by atoms with Crippen LogP contribution >= 0.6 is 15.9 Å². The number of ether oxygens (including phenoxy) is 1. The van der Waals surface area contributed by atoms with E-state index in [1.165, 1.54) is 0 Å². The van der Waals surface area contributed by atoms with Gasteiger partial charge in [0.05, 0.1) is 17.1 Å². The summed E-state index contributed by atoms with van der Waals surface area (Å²) in [5.41, 5.74) is 0. The van der Waals surface area contributed by atoms with Crippen molar-refractivity contribution in [3.63, 3.8) is 0 Å². The van der Waals surface area contributed by atoms with Crippen LogP contribution in [0.5, 0.6) is 5.75 Å². The minimum absolute atomic E-state index is 0.0422. The first-order chi connectivity index (χ1) is 9.66. The van der Waals surface area contributed by atoms with E-state index in [9.17, 15) is 4.79 Å². The van der Waals surface area contributed by atoms with Crippen LogP contribution in [-0.4, -0.2) is 31.1 Å². The number of hydrogen-bond donors (Lipinski definition) is 2. The Morgan fingerprint density at radius 1 is 1.50 bits per heavy atom. The zero-order valence-corrected chi connectivity index (χ0v) is 13.3. The molecular formula is C15H21BrN2O2. The molecule has 110 valence electrons. The first-order valence-electron chi connectivity index (χ1n) is 7.09. The number of carbonyl (C=O) groups is 1. The molecule has 0 aliphatic carbocycles. The maximum absolute atomic E-state index is 12.0. The largest absolute Gasteiger partial charge is 0.488 e. The monoisotopic (exact) mass is 340 g/mol. The molecule has 0 bridgehead atoms. The van der Waals surface area contributed by atoms with Gasteiger partial charge in [-0.2, -0.15) is 0 Å². The molecule has 4 nitrogen and oxygen atoms in total. The number of hydrogen-bond acceptors (Lipinski definition) is 3. The second-order valence-electron chi connectivity index (χ2n) is 5.11. The highest BCUT2D eigenvalue weighted by molar-refractivity contribution is 9.10. The quantitative estimate of drug-likeness (QED) is 0.865. The van der Waals surface area contributed by atoms with Crippen LogP contribution in [0.15, 0.2) is 28.7 Å². The van der Waals surface area contributed by atoms with Gasteiger partial charge in [-0.25, -0.2) is 0 Å². The molecule has 1 aromatic rings. The third-order valence-electron chi connectivity index (χ3n) is 3.36. The van der Waals surface area contributed by atoms with E-state index in [2.05, 4.69) is 26.6 Å². The zero-order chi connectivity index (χ0) is 14.4. The number of rotatable bonds is 5. The Morgan fingerprint density at radius 3 is 3.00 bits per heavy atom. The van der Waals surface area contributed by atoms with Gasteiger partial charge in [0.1, 0.15) is 11.9 Å². The molecule has 0 spiro atoms. The summed E-state index contributed by atoms with van der Waals surface area (Å²) >= 11 is 3.45. The Kier molecular flexibility index (Phi) is 5.86. The lowest BCUT2D eigenvalue weighted by Crippen LogP contribution is -2.48. The average Bonchev–Trinajstić information content (AvgIpc) is 2.48. The first-order valence-corrected chi connectivity index (χ1v) is 7.88. The van der Waals surface area contributed by atoms with Gasteiger partial charge in [-0.1, -0.05) is 18.6 Å². The molecule has 5 heteroatoms. The van der Waals surface area contributed by atoms with Crippen molar-refractivity contribution in [2.45, 2.75) is 38.3 Å². The lowest BCUT2D eigenvalue weighted by atomic mass is 10.0. The van der Waals surface area contributed by atoms with E-state index in [-0.39, 0.29) is 18.1 Å². The summed E-state index contributed by atoms with van der Waals surface area (Å²) in [6, 6.07) is 7.67. The molecule has 2 unspecified atom stereocenters. The number of nitrogens with one attached hydrogen (secondary N) is 2. The predicted octanol–water partition coefficient (Wildman–Crippen LogP) is 2.47. The number of halogens is 1.